The average Bonchev–Trinajstić information content (AvgIpc) is 2.77. The van der Waals surface area contributed by atoms with Crippen LogP contribution in [0.4, 0.5) is 5.69 Å². The number of carbonyl (C=O) groups excluding carboxylic acids is 1. The minimum Gasteiger partial charge on any atom is -0.497 e. The number of methoxy groups -OCH3 is 1. The fourth-order valence-electron chi connectivity index (χ4n) is 2.89. The average molecular weight is 460 g/mol. The van der Waals surface area contributed by atoms with Crippen LogP contribution in [-0.2, 0) is 21.4 Å². The Balaban J connectivity index is 1.87. The van der Waals surface area contributed by atoms with Gasteiger partial charge in [0.05, 0.1) is 13.7 Å². The number of aromatic nitrogens is 1. The first kappa shape index (κ1) is 22.7. The Kier molecular flexibility index (Phi) is 7.27. The van der Waals surface area contributed by atoms with Gasteiger partial charge in [0, 0.05) is 29.6 Å². The molecule has 0 atom stereocenters. The summed E-state index contributed by atoms with van der Waals surface area (Å²) in [6.45, 7) is 1.45. The van der Waals surface area contributed by atoms with Crippen LogP contribution >= 0.6 is 11.6 Å². The first-order chi connectivity index (χ1) is 14.8. The first-order valence-electron chi connectivity index (χ1n) is 9.38. The van der Waals surface area contributed by atoms with Crippen molar-refractivity contribution < 1.29 is 17.9 Å². The minimum absolute atomic E-state index is 0.00314. The molecule has 1 heterocycles. The Morgan fingerprint density at radius 2 is 1.90 bits per heavy atom. The summed E-state index contributed by atoms with van der Waals surface area (Å²) in [5.41, 5.74) is 2.05. The summed E-state index contributed by atoms with van der Waals surface area (Å²) in [5, 5.41) is 3.22. The fraction of sp³-hybridized carbons (Fsp3) is 0.182. The van der Waals surface area contributed by atoms with Crippen molar-refractivity contribution in [3.05, 3.63) is 83.1 Å². The number of nitrogens with one attached hydrogen (secondary N) is 1. The molecule has 3 rings (SSSR count). The van der Waals surface area contributed by atoms with Crippen molar-refractivity contribution in [1.29, 1.82) is 0 Å². The molecule has 0 bridgehead atoms. The van der Waals surface area contributed by atoms with Gasteiger partial charge < -0.3 is 10.1 Å². The predicted octanol–water partition coefficient (Wildman–Crippen LogP) is 3.88. The standard InChI is InChI=1S/C22H22ClN3O4S/c1-16-5-8-18(23)12-21(16)25-22(27)15-26(14-17-6-9-19(30-2)10-7-17)31(28,29)20-4-3-11-24-13-20/h3-13H,14-15H2,1-2H3,(H,25,27). The number of aryl methyl sites for hydroxylation is 1. The van der Waals surface area contributed by atoms with Gasteiger partial charge in [-0.2, -0.15) is 4.31 Å². The van der Waals surface area contributed by atoms with E-state index in [2.05, 4.69) is 10.3 Å². The third-order valence-electron chi connectivity index (χ3n) is 4.58. The maximum atomic E-state index is 13.2. The molecule has 31 heavy (non-hydrogen) atoms. The monoisotopic (exact) mass is 459 g/mol. The van der Waals surface area contributed by atoms with Crippen molar-refractivity contribution in [2.75, 3.05) is 19.0 Å². The molecule has 1 amide bonds. The normalized spacial score (nSPS) is 11.4. The van der Waals surface area contributed by atoms with Crippen LogP contribution in [0.15, 0.2) is 71.9 Å². The van der Waals surface area contributed by atoms with E-state index in [4.69, 9.17) is 16.3 Å². The number of hydrogen-bond donors (Lipinski definition) is 1. The van der Waals surface area contributed by atoms with E-state index in [1.54, 1.807) is 49.6 Å². The molecule has 0 aliphatic carbocycles. The van der Waals surface area contributed by atoms with Crippen LogP contribution < -0.4 is 10.1 Å². The zero-order valence-corrected chi connectivity index (χ0v) is 18.7. The molecule has 0 unspecified atom stereocenters. The lowest BCUT2D eigenvalue weighted by Crippen LogP contribution is -2.37. The third kappa shape index (κ3) is 5.81. The Morgan fingerprint density at radius 1 is 1.16 bits per heavy atom. The maximum Gasteiger partial charge on any atom is 0.245 e. The lowest BCUT2D eigenvalue weighted by Gasteiger charge is -2.22. The SMILES string of the molecule is COc1ccc(CN(CC(=O)Nc2cc(Cl)ccc2C)S(=O)(=O)c2cccnc2)cc1. The summed E-state index contributed by atoms with van der Waals surface area (Å²) in [7, 11) is -2.42. The van der Waals surface area contributed by atoms with Crippen LogP contribution in [0.5, 0.6) is 5.75 Å². The highest BCUT2D eigenvalue weighted by Crippen LogP contribution is 2.22. The molecule has 0 saturated heterocycles. The van der Waals surface area contributed by atoms with E-state index in [1.165, 1.54) is 24.5 Å². The van der Waals surface area contributed by atoms with Crippen molar-refractivity contribution in [2.45, 2.75) is 18.4 Å². The molecule has 0 aliphatic heterocycles. The highest BCUT2D eigenvalue weighted by atomic mass is 35.5. The van der Waals surface area contributed by atoms with E-state index in [-0.39, 0.29) is 18.0 Å². The van der Waals surface area contributed by atoms with E-state index >= 15 is 0 Å². The lowest BCUT2D eigenvalue weighted by atomic mass is 10.2. The van der Waals surface area contributed by atoms with Gasteiger partial charge in [-0.3, -0.25) is 9.78 Å². The van der Waals surface area contributed by atoms with Crippen LogP contribution in [-0.4, -0.2) is 37.3 Å². The molecule has 2 aromatic carbocycles. The van der Waals surface area contributed by atoms with Gasteiger partial charge in [0.25, 0.3) is 0 Å². The Bertz CT molecular complexity index is 1150. The van der Waals surface area contributed by atoms with E-state index in [0.29, 0.717) is 22.0 Å². The van der Waals surface area contributed by atoms with Gasteiger partial charge in [0.2, 0.25) is 15.9 Å². The van der Waals surface area contributed by atoms with Crippen molar-refractivity contribution in [2.24, 2.45) is 0 Å². The number of ether oxygens (including phenoxy) is 1. The van der Waals surface area contributed by atoms with Crippen LogP contribution in [0.2, 0.25) is 5.02 Å². The molecule has 1 N–H and O–H groups in total. The largest absolute Gasteiger partial charge is 0.497 e. The van der Waals surface area contributed by atoms with E-state index in [9.17, 15) is 13.2 Å². The summed E-state index contributed by atoms with van der Waals surface area (Å²) in [6, 6.07) is 15.1. The Hall–Kier alpha value is -2.94. The molecular formula is C22H22ClN3O4S. The number of amides is 1. The second kappa shape index (κ2) is 9.91. The molecule has 0 radical (unpaired) electrons. The molecule has 162 valence electrons. The number of rotatable bonds is 8. The predicted molar refractivity (Wildman–Crippen MR) is 120 cm³/mol. The van der Waals surface area contributed by atoms with Gasteiger partial charge in [0.1, 0.15) is 10.6 Å². The summed E-state index contributed by atoms with van der Waals surface area (Å²) < 4.78 is 32.7. The number of nitrogens with zero attached hydrogens (tertiary/aromatic N) is 2. The summed E-state index contributed by atoms with van der Waals surface area (Å²) in [6.07, 6.45) is 2.75. The molecule has 0 spiro atoms. The van der Waals surface area contributed by atoms with Gasteiger partial charge in [-0.05, 0) is 54.4 Å². The molecule has 3 aromatic rings. The zero-order valence-electron chi connectivity index (χ0n) is 17.1. The highest BCUT2D eigenvalue weighted by Gasteiger charge is 2.27. The van der Waals surface area contributed by atoms with E-state index in [0.717, 1.165) is 9.87 Å². The van der Waals surface area contributed by atoms with E-state index < -0.39 is 15.9 Å². The molecule has 9 heteroatoms. The fourth-order valence-corrected chi connectivity index (χ4v) is 4.41. The Morgan fingerprint density at radius 3 is 2.55 bits per heavy atom. The van der Waals surface area contributed by atoms with Crippen LogP contribution in [0.3, 0.4) is 0 Å². The van der Waals surface area contributed by atoms with Crippen molar-refractivity contribution in [3.63, 3.8) is 0 Å². The lowest BCUT2D eigenvalue weighted by molar-refractivity contribution is -0.116. The van der Waals surface area contributed by atoms with Gasteiger partial charge in [-0.1, -0.05) is 29.8 Å². The van der Waals surface area contributed by atoms with Crippen molar-refractivity contribution in [1.82, 2.24) is 9.29 Å². The summed E-state index contributed by atoms with van der Waals surface area (Å²) in [5.74, 6) is 0.172. The number of pyridine rings is 1. The number of carbonyl (C=O) groups is 1. The molecule has 7 nitrogen and oxygen atoms in total. The number of sulfonamides is 1. The zero-order chi connectivity index (χ0) is 22.4. The number of benzene rings is 2. The van der Waals surface area contributed by atoms with Gasteiger partial charge in [-0.15, -0.1) is 0 Å². The van der Waals surface area contributed by atoms with Gasteiger partial charge in [-0.25, -0.2) is 8.42 Å². The first-order valence-corrected chi connectivity index (χ1v) is 11.2. The second-order valence-electron chi connectivity index (χ2n) is 6.82. The maximum absolute atomic E-state index is 13.2. The summed E-state index contributed by atoms with van der Waals surface area (Å²) in [4.78, 5) is 16.7. The molecule has 0 saturated carbocycles. The number of anilines is 1. The van der Waals surface area contributed by atoms with Crippen molar-refractivity contribution >= 4 is 33.2 Å². The van der Waals surface area contributed by atoms with Gasteiger partial charge in [0.15, 0.2) is 0 Å². The molecular weight excluding hydrogens is 438 g/mol. The van der Waals surface area contributed by atoms with Crippen molar-refractivity contribution in [3.8, 4) is 5.75 Å². The summed E-state index contributed by atoms with van der Waals surface area (Å²) >= 11 is 6.02. The second-order valence-corrected chi connectivity index (χ2v) is 9.19. The van der Waals surface area contributed by atoms with Crippen LogP contribution in [0, 0.1) is 6.92 Å². The highest BCUT2D eigenvalue weighted by molar-refractivity contribution is 7.89. The van der Waals surface area contributed by atoms with Crippen LogP contribution in [0.1, 0.15) is 11.1 Å². The van der Waals surface area contributed by atoms with E-state index in [1.807, 2.05) is 6.92 Å². The molecule has 0 fully saturated rings. The van der Waals surface area contributed by atoms with Crippen LogP contribution in [0.25, 0.3) is 0 Å². The Labute approximate surface area is 186 Å². The smallest absolute Gasteiger partial charge is 0.245 e. The van der Waals surface area contributed by atoms with Gasteiger partial charge >= 0.3 is 0 Å². The number of hydrogen-bond acceptors (Lipinski definition) is 5. The topological polar surface area (TPSA) is 88.6 Å². The quantitative estimate of drug-likeness (QED) is 0.552. The minimum atomic E-state index is -3.97. The third-order valence-corrected chi connectivity index (χ3v) is 6.59. The number of halogens is 1. The molecule has 0 aliphatic rings. The molecule has 1 aromatic heterocycles.